The van der Waals surface area contributed by atoms with E-state index in [0.717, 1.165) is 11.8 Å². The summed E-state index contributed by atoms with van der Waals surface area (Å²) in [7, 11) is 0. The lowest BCUT2D eigenvalue weighted by Crippen LogP contribution is -2.37. The number of rotatable bonds is 1. The second kappa shape index (κ2) is 2.88. The van der Waals surface area contributed by atoms with Crippen LogP contribution in [0.4, 0.5) is 4.79 Å². The van der Waals surface area contributed by atoms with Crippen molar-refractivity contribution in [1.29, 1.82) is 0 Å². The Kier molecular flexibility index (Phi) is 2.26. The normalized spacial score (nSPS) is 28.4. The summed E-state index contributed by atoms with van der Waals surface area (Å²) in [4.78, 5) is 9.99. The van der Waals surface area contributed by atoms with Crippen molar-refractivity contribution >= 4 is 17.9 Å². The van der Waals surface area contributed by atoms with E-state index in [1.807, 2.05) is 0 Å². The largest absolute Gasteiger partial charge is 0.506 e. The zero-order chi connectivity index (χ0) is 8.48. The third-order valence-electron chi connectivity index (χ3n) is 1.36. The van der Waals surface area contributed by atoms with Crippen LogP contribution in [-0.4, -0.2) is 38.5 Å². The summed E-state index contributed by atoms with van der Waals surface area (Å²) >= 11 is 0.872. The molecule has 5 nitrogen and oxygen atoms in total. The minimum atomic E-state index is -2.04. The second-order valence-electron chi connectivity index (χ2n) is 2.17. The molecule has 11 heavy (non-hydrogen) atoms. The Balaban J connectivity index is 2.51. The summed E-state index contributed by atoms with van der Waals surface area (Å²) in [6.07, 6.45) is -2.17. The van der Waals surface area contributed by atoms with Gasteiger partial charge >= 0.3 is 6.16 Å². The molecule has 0 aromatic carbocycles. The molecule has 0 radical (unpaired) electrons. The highest BCUT2D eigenvalue weighted by Gasteiger charge is 2.43. The van der Waals surface area contributed by atoms with E-state index in [1.165, 1.54) is 0 Å². The van der Waals surface area contributed by atoms with Gasteiger partial charge in [0.2, 0.25) is 0 Å². The van der Waals surface area contributed by atoms with Gasteiger partial charge in [-0.25, -0.2) is 4.79 Å². The van der Waals surface area contributed by atoms with Gasteiger partial charge in [-0.1, -0.05) is 11.8 Å². The van der Waals surface area contributed by atoms with Gasteiger partial charge in [0.05, 0.1) is 0 Å². The smallest absolute Gasteiger partial charge is 0.450 e. The van der Waals surface area contributed by atoms with Crippen molar-refractivity contribution in [2.24, 2.45) is 0 Å². The lowest BCUT2D eigenvalue weighted by Gasteiger charge is -2.20. The summed E-state index contributed by atoms with van der Waals surface area (Å²) in [5.74, 6) is 0.491. The van der Waals surface area contributed by atoms with Gasteiger partial charge < -0.3 is 20.1 Å². The predicted octanol–water partition coefficient (Wildman–Crippen LogP) is -0.175. The van der Waals surface area contributed by atoms with Crippen molar-refractivity contribution in [1.82, 2.24) is 0 Å². The molecular formula is C5H8O5S. The molecule has 0 saturated carbocycles. The number of hydrogen-bond acceptors (Lipinski definition) is 5. The Morgan fingerprint density at radius 1 is 1.64 bits per heavy atom. The van der Waals surface area contributed by atoms with Crippen LogP contribution in [0.3, 0.4) is 0 Å². The number of thioether (sulfide) groups is 1. The molecule has 64 valence electrons. The Morgan fingerprint density at radius 3 is 2.64 bits per heavy atom. The van der Waals surface area contributed by atoms with E-state index >= 15 is 0 Å². The summed E-state index contributed by atoms with van der Waals surface area (Å²) in [5.41, 5.74) is 0. The topological polar surface area (TPSA) is 87.0 Å². The SMILES string of the molecule is O=C(O)OC1CCSC1(O)O. The molecule has 1 fully saturated rings. The molecule has 6 heteroatoms. The van der Waals surface area contributed by atoms with Gasteiger partial charge in [0.15, 0.2) is 6.10 Å². The molecule has 0 spiro atoms. The van der Waals surface area contributed by atoms with E-state index in [2.05, 4.69) is 4.74 Å². The molecule has 1 rings (SSSR count). The fraction of sp³-hybridized carbons (Fsp3) is 0.800. The van der Waals surface area contributed by atoms with Gasteiger partial charge in [-0.2, -0.15) is 0 Å². The number of ether oxygens (including phenoxy) is 1. The van der Waals surface area contributed by atoms with Crippen LogP contribution in [0.1, 0.15) is 6.42 Å². The molecule has 0 aliphatic carbocycles. The van der Waals surface area contributed by atoms with Crippen LogP contribution < -0.4 is 0 Å². The van der Waals surface area contributed by atoms with E-state index < -0.39 is 17.4 Å². The van der Waals surface area contributed by atoms with Crippen LogP contribution in [0.15, 0.2) is 0 Å². The number of carboxylic acid groups (broad SMARTS) is 1. The minimum absolute atomic E-state index is 0.337. The molecule has 1 aliphatic rings. The van der Waals surface area contributed by atoms with Gasteiger partial charge in [0, 0.05) is 12.2 Å². The Bertz CT molecular complexity index is 168. The highest BCUT2D eigenvalue weighted by Crippen LogP contribution is 2.35. The number of aliphatic hydroxyl groups is 2. The lowest BCUT2D eigenvalue weighted by molar-refractivity contribution is -0.152. The highest BCUT2D eigenvalue weighted by atomic mass is 32.2. The third-order valence-corrected chi connectivity index (χ3v) is 2.48. The Labute approximate surface area is 67.0 Å². The van der Waals surface area contributed by atoms with Crippen molar-refractivity contribution in [2.75, 3.05) is 5.75 Å². The molecule has 1 atom stereocenters. The van der Waals surface area contributed by atoms with E-state index in [1.54, 1.807) is 0 Å². The molecular weight excluding hydrogens is 172 g/mol. The molecule has 1 aliphatic heterocycles. The minimum Gasteiger partial charge on any atom is -0.450 e. The van der Waals surface area contributed by atoms with Crippen molar-refractivity contribution in [3.8, 4) is 0 Å². The first-order valence-corrected chi connectivity index (χ1v) is 3.99. The van der Waals surface area contributed by atoms with Gasteiger partial charge in [-0.15, -0.1) is 0 Å². The van der Waals surface area contributed by atoms with Gasteiger partial charge in [-0.05, 0) is 0 Å². The monoisotopic (exact) mass is 180 g/mol. The first-order chi connectivity index (χ1) is 5.02. The quantitative estimate of drug-likeness (QED) is 0.383. The molecule has 1 unspecified atom stereocenters. The van der Waals surface area contributed by atoms with Crippen LogP contribution in [0.2, 0.25) is 0 Å². The molecule has 0 aromatic rings. The van der Waals surface area contributed by atoms with Gasteiger partial charge in [0.1, 0.15) is 0 Å². The maximum atomic E-state index is 9.99. The van der Waals surface area contributed by atoms with Crippen LogP contribution in [0, 0.1) is 0 Å². The average Bonchev–Trinajstić information content (AvgIpc) is 2.10. The molecule has 0 bridgehead atoms. The van der Waals surface area contributed by atoms with E-state index in [9.17, 15) is 4.79 Å². The Hall–Kier alpha value is -0.460. The zero-order valence-corrected chi connectivity index (χ0v) is 6.37. The molecule has 1 saturated heterocycles. The fourth-order valence-corrected chi connectivity index (χ4v) is 1.84. The Morgan fingerprint density at radius 2 is 2.27 bits per heavy atom. The van der Waals surface area contributed by atoms with Crippen molar-refractivity contribution in [3.63, 3.8) is 0 Å². The predicted molar refractivity (Wildman–Crippen MR) is 37.1 cm³/mol. The number of carbonyl (C=O) groups is 1. The molecule has 0 amide bonds. The maximum absolute atomic E-state index is 9.99. The van der Waals surface area contributed by atoms with Crippen LogP contribution in [0.25, 0.3) is 0 Å². The van der Waals surface area contributed by atoms with E-state index in [4.69, 9.17) is 15.3 Å². The summed E-state index contributed by atoms with van der Waals surface area (Å²) in [6, 6.07) is 0. The van der Waals surface area contributed by atoms with Crippen molar-refractivity contribution in [2.45, 2.75) is 17.6 Å². The summed E-state index contributed by atoms with van der Waals surface area (Å²) in [6.45, 7) is 0. The fourth-order valence-electron chi connectivity index (χ4n) is 0.855. The first kappa shape index (κ1) is 8.63. The lowest BCUT2D eigenvalue weighted by atomic mass is 10.3. The van der Waals surface area contributed by atoms with Gasteiger partial charge in [-0.3, -0.25) is 0 Å². The third kappa shape index (κ3) is 1.98. The van der Waals surface area contributed by atoms with Crippen molar-refractivity contribution < 1.29 is 24.9 Å². The molecule has 0 aromatic heterocycles. The van der Waals surface area contributed by atoms with Gasteiger partial charge in [0.25, 0.3) is 5.12 Å². The zero-order valence-electron chi connectivity index (χ0n) is 5.56. The molecule has 1 heterocycles. The number of hydrogen-bond donors (Lipinski definition) is 3. The summed E-state index contributed by atoms with van der Waals surface area (Å²) < 4.78 is 4.22. The van der Waals surface area contributed by atoms with Crippen LogP contribution in [-0.2, 0) is 4.74 Å². The molecule has 3 N–H and O–H groups in total. The maximum Gasteiger partial charge on any atom is 0.506 e. The highest BCUT2D eigenvalue weighted by molar-refractivity contribution is 8.00. The van der Waals surface area contributed by atoms with Crippen LogP contribution in [0.5, 0.6) is 0 Å². The van der Waals surface area contributed by atoms with Crippen molar-refractivity contribution in [3.05, 3.63) is 0 Å². The first-order valence-electron chi connectivity index (χ1n) is 3.00. The van der Waals surface area contributed by atoms with Crippen LogP contribution >= 0.6 is 11.8 Å². The van der Waals surface area contributed by atoms with E-state index in [-0.39, 0.29) is 0 Å². The standard InChI is InChI=1S/C5H8O5S/c6-4(7)10-3-1-2-11-5(3,8)9/h3,8-9H,1-2H2,(H,6,7). The average molecular weight is 180 g/mol. The second-order valence-corrected chi connectivity index (χ2v) is 3.47. The van der Waals surface area contributed by atoms with E-state index in [0.29, 0.717) is 12.2 Å². The summed E-state index contributed by atoms with van der Waals surface area (Å²) in [5, 5.41) is 24.2.